The molecule has 0 fully saturated rings. The molecule has 0 saturated heterocycles. The summed E-state index contributed by atoms with van der Waals surface area (Å²) in [6.45, 7) is 1.08. The Morgan fingerprint density at radius 1 is 1.42 bits per heavy atom. The Hall–Kier alpha value is -1.60. The lowest BCUT2D eigenvalue weighted by molar-refractivity contribution is 0.101. The molecule has 0 amide bonds. The van der Waals surface area contributed by atoms with Crippen molar-refractivity contribution in [3.8, 4) is 0 Å². The minimum atomic E-state index is -0.794. The van der Waals surface area contributed by atoms with Gasteiger partial charge in [-0.05, 0) is 27.1 Å². The fourth-order valence-electron chi connectivity index (χ4n) is 1.69. The van der Waals surface area contributed by atoms with Crippen molar-refractivity contribution in [2.45, 2.75) is 13.0 Å². The first-order valence-electron chi connectivity index (χ1n) is 5.75. The highest BCUT2D eigenvalue weighted by atomic mass is 35.5. The van der Waals surface area contributed by atoms with Crippen molar-refractivity contribution in [1.82, 2.24) is 14.5 Å². The van der Waals surface area contributed by atoms with Crippen LogP contribution in [0.1, 0.15) is 16.8 Å². The first kappa shape index (κ1) is 15.5. The third kappa shape index (κ3) is 3.68. The van der Waals surface area contributed by atoms with E-state index in [0.717, 1.165) is 6.54 Å². The molecular formula is C11H17ClN4O3. The Kier molecular flexibility index (Phi) is 5.31. The lowest BCUT2D eigenvalue weighted by atomic mass is 10.2. The van der Waals surface area contributed by atoms with Crippen molar-refractivity contribution < 1.29 is 4.79 Å². The lowest BCUT2D eigenvalue weighted by Crippen LogP contribution is -2.37. The second kappa shape index (κ2) is 6.53. The summed E-state index contributed by atoms with van der Waals surface area (Å²) in [6, 6.07) is 0. The van der Waals surface area contributed by atoms with Crippen LogP contribution >= 0.6 is 11.6 Å². The van der Waals surface area contributed by atoms with Crippen LogP contribution in [0.5, 0.6) is 0 Å². The zero-order chi connectivity index (χ0) is 14.6. The molecule has 0 saturated carbocycles. The van der Waals surface area contributed by atoms with Crippen molar-refractivity contribution in [3.63, 3.8) is 0 Å². The summed E-state index contributed by atoms with van der Waals surface area (Å²) in [7, 11) is 3.81. The van der Waals surface area contributed by atoms with E-state index in [-0.39, 0.29) is 17.3 Å². The van der Waals surface area contributed by atoms with Crippen LogP contribution in [0, 0.1) is 0 Å². The first-order chi connectivity index (χ1) is 8.88. The Balaban J connectivity index is 3.15. The predicted molar refractivity (Wildman–Crippen MR) is 74.0 cm³/mol. The number of carbonyl (C=O) groups is 1. The van der Waals surface area contributed by atoms with Crippen LogP contribution in [0.2, 0.25) is 0 Å². The van der Waals surface area contributed by atoms with E-state index in [1.807, 2.05) is 19.0 Å². The number of hydrogen-bond acceptors (Lipinski definition) is 5. The van der Waals surface area contributed by atoms with Gasteiger partial charge in [-0.1, -0.05) is 0 Å². The van der Waals surface area contributed by atoms with Gasteiger partial charge in [-0.2, -0.15) is 0 Å². The number of anilines is 1. The largest absolute Gasteiger partial charge is 0.384 e. The molecule has 0 aliphatic carbocycles. The van der Waals surface area contributed by atoms with Gasteiger partial charge in [0.2, 0.25) is 0 Å². The number of hydrogen-bond donors (Lipinski definition) is 2. The van der Waals surface area contributed by atoms with Crippen molar-refractivity contribution >= 4 is 23.2 Å². The number of aromatic amines is 1. The van der Waals surface area contributed by atoms with Crippen molar-refractivity contribution in [3.05, 3.63) is 26.4 Å². The molecule has 8 heteroatoms. The number of nitrogens with two attached hydrogens (primary N) is 1. The normalized spacial score (nSPS) is 10.9. The highest BCUT2D eigenvalue weighted by Gasteiger charge is 2.18. The minimum absolute atomic E-state index is 0.127. The molecule has 0 unspecified atom stereocenters. The molecule has 1 aromatic heterocycles. The lowest BCUT2D eigenvalue weighted by Gasteiger charge is -2.13. The number of H-pyrrole nitrogens is 1. The molecule has 1 heterocycles. The van der Waals surface area contributed by atoms with Crippen LogP contribution in [0.25, 0.3) is 0 Å². The molecule has 3 N–H and O–H groups in total. The summed E-state index contributed by atoms with van der Waals surface area (Å²) >= 11 is 5.42. The Labute approximate surface area is 115 Å². The van der Waals surface area contributed by atoms with E-state index in [1.165, 1.54) is 4.57 Å². The number of aromatic nitrogens is 2. The molecule has 1 rings (SSSR count). The summed E-state index contributed by atoms with van der Waals surface area (Å²) in [5.74, 6) is -1.08. The van der Waals surface area contributed by atoms with E-state index in [2.05, 4.69) is 4.98 Å². The number of alkyl halides is 1. The maximum absolute atomic E-state index is 11.7. The van der Waals surface area contributed by atoms with Gasteiger partial charge >= 0.3 is 5.69 Å². The third-order valence-electron chi connectivity index (χ3n) is 2.63. The average molecular weight is 289 g/mol. The maximum atomic E-state index is 11.7. The van der Waals surface area contributed by atoms with Crippen molar-refractivity contribution in [2.75, 3.05) is 32.3 Å². The van der Waals surface area contributed by atoms with E-state index >= 15 is 0 Å². The highest BCUT2D eigenvalue weighted by molar-refractivity contribution is 6.30. The summed E-state index contributed by atoms with van der Waals surface area (Å²) in [5, 5.41) is 0. The monoisotopic (exact) mass is 288 g/mol. The van der Waals surface area contributed by atoms with E-state index in [9.17, 15) is 14.4 Å². The average Bonchev–Trinajstić information content (AvgIpc) is 2.32. The van der Waals surface area contributed by atoms with Gasteiger partial charge in [0.25, 0.3) is 5.56 Å². The van der Waals surface area contributed by atoms with Gasteiger partial charge in [0, 0.05) is 6.54 Å². The van der Waals surface area contributed by atoms with Gasteiger partial charge in [0.05, 0.1) is 5.88 Å². The molecule has 0 radical (unpaired) electrons. The smallest absolute Gasteiger partial charge is 0.329 e. The molecule has 106 valence electrons. The zero-order valence-electron chi connectivity index (χ0n) is 10.9. The minimum Gasteiger partial charge on any atom is -0.384 e. The van der Waals surface area contributed by atoms with Crippen LogP contribution in [-0.2, 0) is 6.54 Å². The number of halogens is 1. The number of nitrogen functional groups attached to an aromatic ring is 1. The fraction of sp³-hybridized carbons (Fsp3) is 0.545. The van der Waals surface area contributed by atoms with Crippen LogP contribution in [0.4, 0.5) is 5.82 Å². The topological polar surface area (TPSA) is 101 Å². The molecule has 7 nitrogen and oxygen atoms in total. The van der Waals surface area contributed by atoms with Crippen LogP contribution in [0.15, 0.2) is 9.59 Å². The predicted octanol–water partition coefficient (Wildman–Crippen LogP) is -0.508. The molecule has 1 aromatic rings. The number of ketones is 1. The maximum Gasteiger partial charge on any atom is 0.329 e. The number of rotatable bonds is 6. The van der Waals surface area contributed by atoms with E-state index in [4.69, 9.17) is 17.3 Å². The SMILES string of the molecule is CN(C)CCCn1c(N)c(C(=O)CCl)c(=O)[nH]c1=O. The number of nitrogens with one attached hydrogen (secondary N) is 1. The second-order valence-corrected chi connectivity index (χ2v) is 4.65. The highest BCUT2D eigenvalue weighted by Crippen LogP contribution is 2.06. The van der Waals surface area contributed by atoms with Gasteiger partial charge in [0.15, 0.2) is 5.78 Å². The molecule has 0 aliphatic rings. The summed E-state index contributed by atoms with van der Waals surface area (Å²) in [4.78, 5) is 38.8. The van der Waals surface area contributed by atoms with E-state index in [0.29, 0.717) is 13.0 Å². The Morgan fingerprint density at radius 3 is 2.58 bits per heavy atom. The van der Waals surface area contributed by atoms with E-state index in [1.54, 1.807) is 0 Å². The fourth-order valence-corrected chi connectivity index (χ4v) is 1.82. The Morgan fingerprint density at radius 2 is 2.05 bits per heavy atom. The van der Waals surface area contributed by atoms with Gasteiger partial charge in [-0.25, -0.2) is 4.79 Å². The zero-order valence-corrected chi connectivity index (χ0v) is 11.7. The number of Topliss-reactive ketones (excluding diaryl/α,β-unsaturated/α-hetero) is 1. The standard InChI is InChI=1S/C11H17ClN4O3/c1-15(2)4-3-5-16-9(13)8(7(17)6-12)10(18)14-11(16)19/h3-6,13H2,1-2H3,(H,14,18,19). The van der Waals surface area contributed by atoms with Gasteiger partial charge in [-0.3, -0.25) is 19.1 Å². The van der Waals surface area contributed by atoms with Crippen molar-refractivity contribution in [1.29, 1.82) is 0 Å². The Bertz CT molecular complexity index is 576. The molecule has 0 atom stereocenters. The summed E-state index contributed by atoms with van der Waals surface area (Å²) in [6.07, 6.45) is 0.664. The summed E-state index contributed by atoms with van der Waals surface area (Å²) in [5.41, 5.74) is 4.07. The van der Waals surface area contributed by atoms with Crippen LogP contribution < -0.4 is 17.0 Å². The quantitative estimate of drug-likeness (QED) is 0.542. The number of carbonyl (C=O) groups excluding carboxylic acids is 1. The molecule has 0 spiro atoms. The second-order valence-electron chi connectivity index (χ2n) is 4.38. The first-order valence-corrected chi connectivity index (χ1v) is 6.28. The molecular weight excluding hydrogens is 272 g/mol. The molecule has 0 aliphatic heterocycles. The van der Waals surface area contributed by atoms with E-state index < -0.39 is 17.0 Å². The molecule has 19 heavy (non-hydrogen) atoms. The van der Waals surface area contributed by atoms with Crippen molar-refractivity contribution in [2.24, 2.45) is 0 Å². The summed E-state index contributed by atoms with van der Waals surface area (Å²) < 4.78 is 1.19. The van der Waals surface area contributed by atoms with Gasteiger partial charge < -0.3 is 10.6 Å². The van der Waals surface area contributed by atoms with Gasteiger partial charge in [-0.15, -0.1) is 11.6 Å². The molecule has 0 aromatic carbocycles. The third-order valence-corrected chi connectivity index (χ3v) is 2.87. The van der Waals surface area contributed by atoms with Gasteiger partial charge in [0.1, 0.15) is 11.4 Å². The molecule has 0 bridgehead atoms. The number of nitrogens with zero attached hydrogens (tertiary/aromatic N) is 2. The van der Waals surface area contributed by atoms with Crippen LogP contribution in [-0.4, -0.2) is 46.8 Å². The van der Waals surface area contributed by atoms with Crippen LogP contribution in [0.3, 0.4) is 0 Å².